The number of nitrogens with zero attached hydrogens (tertiary/aromatic N) is 2. The minimum Gasteiger partial charge on any atom is -0.481 e. The fraction of sp³-hybridized carbons (Fsp3) is 0.609. The lowest BCUT2D eigenvalue weighted by molar-refractivity contribution is -0.143. The summed E-state index contributed by atoms with van der Waals surface area (Å²) in [5.74, 6) is -4.94. The van der Waals surface area contributed by atoms with Gasteiger partial charge in [-0.05, 0) is 31.6 Å². The molecule has 1 aromatic heterocycles. The average molecular weight is 554 g/mol. The van der Waals surface area contributed by atoms with E-state index in [0.717, 1.165) is 0 Å². The summed E-state index contributed by atoms with van der Waals surface area (Å²) in [6, 6.07) is -4.72. The Morgan fingerprint density at radius 2 is 1.59 bits per heavy atom. The highest BCUT2D eigenvalue weighted by molar-refractivity contribution is 5.94. The standard InChI is InChI=1S/C23H39N9O7/c1-12(2)8-17(21(37)31-16(22(38)39)5-6-18(33)34)32-20(36)15(4-3-7-28-23(25)26)30-19(35)14(24)9-13-10-27-11-29-13/h10-12,14-17H,3-9,24H2,1-2H3,(H,27,29)(H,30,35)(H,31,37)(H,32,36)(H,33,34)(H,38,39)(H4,25,26,28). The summed E-state index contributed by atoms with van der Waals surface area (Å²) in [5, 5.41) is 25.7. The Morgan fingerprint density at radius 3 is 2.13 bits per heavy atom. The number of aliphatic carboxylic acids is 2. The average Bonchev–Trinajstić information content (AvgIpc) is 3.35. The van der Waals surface area contributed by atoms with Crippen LogP contribution in [-0.2, 0) is 30.4 Å². The molecule has 0 aromatic carbocycles. The normalized spacial score (nSPS) is 13.9. The Kier molecular flexibility index (Phi) is 14.0. The zero-order valence-electron chi connectivity index (χ0n) is 22.1. The van der Waals surface area contributed by atoms with Gasteiger partial charge in [-0.25, -0.2) is 9.78 Å². The Bertz CT molecular complexity index is 994. The molecule has 218 valence electrons. The highest BCUT2D eigenvalue weighted by atomic mass is 16.4. The summed E-state index contributed by atoms with van der Waals surface area (Å²) in [7, 11) is 0. The first-order chi connectivity index (χ1) is 18.3. The largest absolute Gasteiger partial charge is 0.481 e. The number of guanidine groups is 1. The Morgan fingerprint density at radius 1 is 0.974 bits per heavy atom. The minimum atomic E-state index is -1.46. The predicted molar refractivity (Wildman–Crippen MR) is 140 cm³/mol. The molecule has 1 aromatic rings. The summed E-state index contributed by atoms with van der Waals surface area (Å²) in [5.41, 5.74) is 17.3. The number of H-pyrrole nitrogens is 1. The zero-order chi connectivity index (χ0) is 29.5. The maximum Gasteiger partial charge on any atom is 0.326 e. The van der Waals surface area contributed by atoms with E-state index in [-0.39, 0.29) is 44.1 Å². The van der Waals surface area contributed by atoms with Gasteiger partial charge in [0.05, 0.1) is 12.4 Å². The van der Waals surface area contributed by atoms with Crippen LogP contribution >= 0.6 is 0 Å². The number of carbonyl (C=O) groups excluding carboxylic acids is 3. The third-order valence-corrected chi connectivity index (χ3v) is 5.51. The molecular formula is C23H39N9O7. The molecule has 1 heterocycles. The summed E-state index contributed by atoms with van der Waals surface area (Å²) in [4.78, 5) is 71.9. The number of imidazole rings is 1. The molecule has 0 saturated heterocycles. The van der Waals surface area contributed by atoms with Gasteiger partial charge < -0.3 is 48.3 Å². The van der Waals surface area contributed by atoms with Gasteiger partial charge in [0.25, 0.3) is 0 Å². The van der Waals surface area contributed by atoms with Crippen LogP contribution < -0.4 is 33.2 Å². The molecule has 39 heavy (non-hydrogen) atoms. The van der Waals surface area contributed by atoms with Crippen LogP contribution in [0.4, 0.5) is 0 Å². The highest BCUT2D eigenvalue weighted by Crippen LogP contribution is 2.09. The smallest absolute Gasteiger partial charge is 0.326 e. The molecule has 0 aliphatic rings. The van der Waals surface area contributed by atoms with E-state index in [4.69, 9.17) is 22.3 Å². The van der Waals surface area contributed by atoms with E-state index in [1.54, 1.807) is 13.8 Å². The van der Waals surface area contributed by atoms with Crippen molar-refractivity contribution < 1.29 is 34.2 Å². The predicted octanol–water partition coefficient (Wildman–Crippen LogP) is -2.22. The van der Waals surface area contributed by atoms with Crippen LogP contribution in [-0.4, -0.2) is 86.5 Å². The molecule has 3 amide bonds. The number of aromatic amines is 1. The lowest BCUT2D eigenvalue weighted by Gasteiger charge is -2.26. The van der Waals surface area contributed by atoms with E-state index in [1.807, 2.05) is 0 Å². The first-order valence-corrected chi connectivity index (χ1v) is 12.4. The van der Waals surface area contributed by atoms with E-state index in [1.165, 1.54) is 12.5 Å². The molecule has 4 atom stereocenters. The topological polar surface area (TPSA) is 281 Å². The van der Waals surface area contributed by atoms with Gasteiger partial charge in [0.2, 0.25) is 17.7 Å². The van der Waals surface area contributed by atoms with Crippen LogP contribution in [0.1, 0.15) is 51.6 Å². The highest BCUT2D eigenvalue weighted by Gasteiger charge is 2.31. The van der Waals surface area contributed by atoms with Gasteiger partial charge in [-0.15, -0.1) is 0 Å². The van der Waals surface area contributed by atoms with Gasteiger partial charge in [-0.1, -0.05) is 13.8 Å². The number of hydrogen-bond acceptors (Lipinski definition) is 8. The number of nitrogens with one attached hydrogen (secondary N) is 4. The van der Waals surface area contributed by atoms with Gasteiger partial charge in [0.1, 0.15) is 18.1 Å². The van der Waals surface area contributed by atoms with Crippen molar-refractivity contribution in [3.8, 4) is 0 Å². The van der Waals surface area contributed by atoms with Crippen LogP contribution in [0.25, 0.3) is 0 Å². The number of amides is 3. The molecule has 0 fully saturated rings. The fourth-order valence-electron chi connectivity index (χ4n) is 3.55. The van der Waals surface area contributed by atoms with E-state index in [9.17, 15) is 29.1 Å². The molecule has 12 N–H and O–H groups in total. The molecule has 4 unspecified atom stereocenters. The van der Waals surface area contributed by atoms with Gasteiger partial charge in [-0.2, -0.15) is 0 Å². The van der Waals surface area contributed by atoms with Crippen LogP contribution in [0.3, 0.4) is 0 Å². The Labute approximate surface area is 225 Å². The molecule has 0 radical (unpaired) electrons. The third kappa shape index (κ3) is 13.2. The van der Waals surface area contributed by atoms with Crippen LogP contribution in [0, 0.1) is 5.92 Å². The molecule has 0 aliphatic heterocycles. The van der Waals surface area contributed by atoms with Crippen LogP contribution in [0.5, 0.6) is 0 Å². The Hall–Kier alpha value is -4.21. The van der Waals surface area contributed by atoms with Crippen molar-refractivity contribution >= 4 is 35.6 Å². The number of carboxylic acid groups (broad SMARTS) is 2. The summed E-state index contributed by atoms with van der Waals surface area (Å²) in [6.45, 7) is 3.78. The number of nitrogens with two attached hydrogens (primary N) is 3. The van der Waals surface area contributed by atoms with Crippen molar-refractivity contribution in [1.82, 2.24) is 25.9 Å². The number of aliphatic imine (C=N–C) groups is 1. The molecule has 0 bridgehead atoms. The van der Waals surface area contributed by atoms with Crippen LogP contribution in [0.2, 0.25) is 0 Å². The van der Waals surface area contributed by atoms with E-state index in [2.05, 4.69) is 30.9 Å². The summed E-state index contributed by atoms with van der Waals surface area (Å²) < 4.78 is 0. The van der Waals surface area contributed by atoms with Crippen molar-refractivity contribution in [3.63, 3.8) is 0 Å². The quantitative estimate of drug-likeness (QED) is 0.0533. The molecular weight excluding hydrogens is 514 g/mol. The first-order valence-electron chi connectivity index (χ1n) is 12.4. The fourth-order valence-corrected chi connectivity index (χ4v) is 3.55. The second kappa shape index (κ2) is 16.6. The summed E-state index contributed by atoms with van der Waals surface area (Å²) >= 11 is 0. The monoisotopic (exact) mass is 553 g/mol. The van der Waals surface area contributed by atoms with Crippen molar-refractivity contribution in [2.24, 2.45) is 28.1 Å². The maximum atomic E-state index is 13.2. The van der Waals surface area contributed by atoms with E-state index in [0.29, 0.717) is 12.1 Å². The number of hydrogen-bond donors (Lipinski definition) is 9. The van der Waals surface area contributed by atoms with E-state index < -0.39 is 60.2 Å². The van der Waals surface area contributed by atoms with E-state index >= 15 is 0 Å². The molecule has 0 spiro atoms. The van der Waals surface area contributed by atoms with Gasteiger partial charge in [0, 0.05) is 31.3 Å². The van der Waals surface area contributed by atoms with Crippen molar-refractivity contribution in [1.29, 1.82) is 0 Å². The first kappa shape index (κ1) is 32.8. The van der Waals surface area contributed by atoms with Gasteiger partial charge in [-0.3, -0.25) is 24.2 Å². The number of rotatable bonds is 18. The minimum absolute atomic E-state index is 0.0823. The second-order valence-electron chi connectivity index (χ2n) is 9.42. The molecule has 16 heteroatoms. The Balaban J connectivity index is 3.01. The van der Waals surface area contributed by atoms with Gasteiger partial charge >= 0.3 is 11.9 Å². The van der Waals surface area contributed by atoms with Crippen molar-refractivity contribution in [2.75, 3.05) is 6.54 Å². The van der Waals surface area contributed by atoms with Crippen molar-refractivity contribution in [2.45, 2.75) is 76.5 Å². The third-order valence-electron chi connectivity index (χ3n) is 5.51. The van der Waals surface area contributed by atoms with Crippen molar-refractivity contribution in [3.05, 3.63) is 18.2 Å². The lowest BCUT2D eigenvalue weighted by atomic mass is 10.0. The van der Waals surface area contributed by atoms with Gasteiger partial charge in [0.15, 0.2) is 5.96 Å². The molecule has 0 aliphatic carbocycles. The molecule has 16 nitrogen and oxygen atoms in total. The number of carboxylic acids is 2. The molecule has 1 rings (SSSR count). The lowest BCUT2D eigenvalue weighted by Crippen LogP contribution is -2.57. The molecule has 0 saturated carbocycles. The zero-order valence-corrected chi connectivity index (χ0v) is 22.1. The number of aromatic nitrogens is 2. The second-order valence-corrected chi connectivity index (χ2v) is 9.42. The van der Waals surface area contributed by atoms with Crippen LogP contribution in [0.15, 0.2) is 17.5 Å². The number of carbonyl (C=O) groups is 5. The summed E-state index contributed by atoms with van der Waals surface area (Å²) in [6.07, 6.45) is 2.85. The SMILES string of the molecule is CC(C)CC(NC(=O)C(CCCN=C(N)N)NC(=O)C(N)Cc1cnc[nH]1)C(=O)NC(CCC(=O)O)C(=O)O. The maximum absolute atomic E-state index is 13.2.